The van der Waals surface area contributed by atoms with E-state index < -0.39 is 5.60 Å². The van der Waals surface area contributed by atoms with Crippen LogP contribution in [-0.4, -0.2) is 12.5 Å². The summed E-state index contributed by atoms with van der Waals surface area (Å²) < 4.78 is 5.63. The quantitative estimate of drug-likeness (QED) is 0.673. The van der Waals surface area contributed by atoms with Gasteiger partial charge >= 0.3 is 0 Å². The Hall–Kier alpha value is -1.35. The average molecular weight is 189 g/mol. The molecule has 14 heavy (non-hydrogen) atoms. The third-order valence-corrected chi connectivity index (χ3v) is 3.00. The van der Waals surface area contributed by atoms with E-state index >= 15 is 0 Å². The van der Waals surface area contributed by atoms with Gasteiger partial charge < -0.3 is 10.1 Å². The summed E-state index contributed by atoms with van der Waals surface area (Å²) in [4.78, 5) is 11.8. The van der Waals surface area contributed by atoms with E-state index in [0.717, 1.165) is 24.1 Å². The van der Waals surface area contributed by atoms with Gasteiger partial charge in [0.15, 0.2) is 5.60 Å². The zero-order chi connectivity index (χ0) is 9.60. The molecule has 1 fully saturated rings. The SMILES string of the molecule is O=C1Nc2ccccc2C12CCCO2. The maximum Gasteiger partial charge on any atom is 0.261 e. The Morgan fingerprint density at radius 1 is 1.36 bits per heavy atom. The van der Waals surface area contributed by atoms with Gasteiger partial charge in [-0.1, -0.05) is 18.2 Å². The highest BCUT2D eigenvalue weighted by Crippen LogP contribution is 2.44. The Morgan fingerprint density at radius 2 is 2.21 bits per heavy atom. The van der Waals surface area contributed by atoms with Crippen LogP contribution in [-0.2, 0) is 15.1 Å². The number of anilines is 1. The number of hydrogen-bond donors (Lipinski definition) is 1. The first-order valence-corrected chi connectivity index (χ1v) is 4.88. The highest BCUT2D eigenvalue weighted by molar-refractivity contribution is 6.05. The van der Waals surface area contributed by atoms with Crippen molar-refractivity contribution < 1.29 is 9.53 Å². The van der Waals surface area contributed by atoms with Crippen molar-refractivity contribution in [2.45, 2.75) is 18.4 Å². The molecule has 1 aromatic rings. The van der Waals surface area contributed by atoms with Gasteiger partial charge in [-0.05, 0) is 18.9 Å². The van der Waals surface area contributed by atoms with Crippen LogP contribution in [0.25, 0.3) is 0 Å². The van der Waals surface area contributed by atoms with E-state index in [0.29, 0.717) is 6.61 Å². The fourth-order valence-corrected chi connectivity index (χ4v) is 2.32. The Labute approximate surface area is 82.1 Å². The van der Waals surface area contributed by atoms with E-state index in [-0.39, 0.29) is 5.91 Å². The number of hydrogen-bond acceptors (Lipinski definition) is 2. The average Bonchev–Trinajstić information content (AvgIpc) is 2.77. The van der Waals surface area contributed by atoms with E-state index in [1.54, 1.807) is 0 Å². The monoisotopic (exact) mass is 189 g/mol. The van der Waals surface area contributed by atoms with Crippen molar-refractivity contribution >= 4 is 11.6 Å². The third kappa shape index (κ3) is 0.826. The number of ether oxygens (including phenoxy) is 1. The molecule has 1 amide bonds. The summed E-state index contributed by atoms with van der Waals surface area (Å²) >= 11 is 0. The first-order chi connectivity index (χ1) is 6.83. The van der Waals surface area contributed by atoms with Gasteiger partial charge in [0.2, 0.25) is 0 Å². The van der Waals surface area contributed by atoms with Gasteiger partial charge in [-0.25, -0.2) is 0 Å². The lowest BCUT2D eigenvalue weighted by Gasteiger charge is -2.19. The molecule has 2 aliphatic heterocycles. The Balaban J connectivity index is 2.18. The van der Waals surface area contributed by atoms with Gasteiger partial charge in [-0.3, -0.25) is 4.79 Å². The molecule has 0 aromatic heterocycles. The van der Waals surface area contributed by atoms with Gasteiger partial charge in [-0.2, -0.15) is 0 Å². The van der Waals surface area contributed by atoms with Crippen LogP contribution in [0.3, 0.4) is 0 Å². The maximum atomic E-state index is 11.8. The van der Waals surface area contributed by atoms with Crippen LogP contribution >= 0.6 is 0 Å². The smallest absolute Gasteiger partial charge is 0.261 e. The number of carbonyl (C=O) groups excluding carboxylic acids is 1. The largest absolute Gasteiger partial charge is 0.360 e. The van der Waals surface area contributed by atoms with Crippen molar-refractivity contribution in [3.8, 4) is 0 Å². The second-order valence-corrected chi connectivity index (χ2v) is 3.78. The Kier molecular flexibility index (Phi) is 1.47. The van der Waals surface area contributed by atoms with Crippen molar-refractivity contribution in [1.82, 2.24) is 0 Å². The van der Waals surface area contributed by atoms with Gasteiger partial charge in [-0.15, -0.1) is 0 Å². The van der Waals surface area contributed by atoms with Gasteiger partial charge in [0.25, 0.3) is 5.91 Å². The molecule has 3 heteroatoms. The summed E-state index contributed by atoms with van der Waals surface area (Å²) in [7, 11) is 0. The van der Waals surface area contributed by atoms with Gasteiger partial charge in [0.05, 0.1) is 0 Å². The number of amides is 1. The zero-order valence-electron chi connectivity index (χ0n) is 7.75. The molecule has 2 aliphatic rings. The van der Waals surface area contributed by atoms with E-state index in [4.69, 9.17) is 4.74 Å². The molecule has 1 spiro atoms. The normalized spacial score (nSPS) is 29.3. The molecule has 1 N–H and O–H groups in total. The predicted octanol–water partition coefficient (Wildman–Crippen LogP) is 1.64. The molecule has 0 saturated carbocycles. The molecule has 72 valence electrons. The number of benzene rings is 1. The predicted molar refractivity (Wildman–Crippen MR) is 51.9 cm³/mol. The molecule has 0 bridgehead atoms. The van der Waals surface area contributed by atoms with E-state index in [2.05, 4.69) is 5.32 Å². The molecule has 1 aromatic carbocycles. The highest BCUT2D eigenvalue weighted by atomic mass is 16.5. The topological polar surface area (TPSA) is 38.3 Å². The van der Waals surface area contributed by atoms with Crippen LogP contribution in [0, 0.1) is 0 Å². The maximum absolute atomic E-state index is 11.8. The first-order valence-electron chi connectivity index (χ1n) is 4.88. The van der Waals surface area contributed by atoms with Crippen molar-refractivity contribution in [2.75, 3.05) is 11.9 Å². The lowest BCUT2D eigenvalue weighted by Crippen LogP contribution is -2.33. The molecule has 1 saturated heterocycles. The zero-order valence-corrected chi connectivity index (χ0v) is 7.75. The minimum Gasteiger partial charge on any atom is -0.360 e. The van der Waals surface area contributed by atoms with E-state index in [9.17, 15) is 4.79 Å². The third-order valence-electron chi connectivity index (χ3n) is 3.00. The van der Waals surface area contributed by atoms with Crippen molar-refractivity contribution in [3.63, 3.8) is 0 Å². The van der Waals surface area contributed by atoms with E-state index in [1.807, 2.05) is 24.3 Å². The first kappa shape index (κ1) is 8.00. The molecule has 0 radical (unpaired) electrons. The van der Waals surface area contributed by atoms with Crippen molar-refractivity contribution in [1.29, 1.82) is 0 Å². The fraction of sp³-hybridized carbons (Fsp3) is 0.364. The Bertz CT molecular complexity index is 394. The van der Waals surface area contributed by atoms with E-state index in [1.165, 1.54) is 0 Å². The second-order valence-electron chi connectivity index (χ2n) is 3.78. The van der Waals surface area contributed by atoms with Gasteiger partial charge in [0.1, 0.15) is 0 Å². The standard InChI is InChI=1S/C11H11NO2/c13-10-11(6-3-7-14-11)8-4-1-2-5-9(8)12-10/h1-2,4-5H,3,6-7H2,(H,12,13). The molecule has 1 atom stereocenters. The number of fused-ring (bicyclic) bond motifs is 2. The molecule has 3 nitrogen and oxygen atoms in total. The summed E-state index contributed by atoms with van der Waals surface area (Å²) in [5, 5.41) is 2.87. The van der Waals surface area contributed by atoms with Crippen LogP contribution in [0.5, 0.6) is 0 Å². The minimum atomic E-state index is -0.670. The van der Waals surface area contributed by atoms with Crippen LogP contribution in [0.4, 0.5) is 5.69 Å². The molecule has 0 aliphatic carbocycles. The molecule has 1 unspecified atom stereocenters. The van der Waals surface area contributed by atoms with Crippen molar-refractivity contribution in [2.24, 2.45) is 0 Å². The molecule has 3 rings (SSSR count). The van der Waals surface area contributed by atoms with Crippen LogP contribution in [0.1, 0.15) is 18.4 Å². The summed E-state index contributed by atoms with van der Waals surface area (Å²) in [6.45, 7) is 0.682. The molecular weight excluding hydrogens is 178 g/mol. The second kappa shape index (κ2) is 2.58. The van der Waals surface area contributed by atoms with Crippen LogP contribution in [0.15, 0.2) is 24.3 Å². The molecular formula is C11H11NO2. The van der Waals surface area contributed by atoms with Crippen LogP contribution in [0.2, 0.25) is 0 Å². The number of rotatable bonds is 0. The summed E-state index contributed by atoms with van der Waals surface area (Å²) in [6, 6.07) is 7.76. The summed E-state index contributed by atoms with van der Waals surface area (Å²) in [5.41, 5.74) is 1.23. The number of carbonyl (C=O) groups is 1. The Morgan fingerprint density at radius 3 is 3.00 bits per heavy atom. The number of para-hydroxylation sites is 1. The summed E-state index contributed by atoms with van der Waals surface area (Å²) in [6.07, 6.45) is 1.76. The van der Waals surface area contributed by atoms with Crippen LogP contribution < -0.4 is 5.32 Å². The lowest BCUT2D eigenvalue weighted by molar-refractivity contribution is -0.135. The lowest BCUT2D eigenvalue weighted by atomic mass is 9.92. The fourth-order valence-electron chi connectivity index (χ4n) is 2.32. The van der Waals surface area contributed by atoms with Gasteiger partial charge in [0, 0.05) is 17.9 Å². The molecule has 2 heterocycles. The minimum absolute atomic E-state index is 0.00352. The summed E-state index contributed by atoms with van der Waals surface area (Å²) in [5.74, 6) is -0.00352. The number of nitrogens with one attached hydrogen (secondary N) is 1. The van der Waals surface area contributed by atoms with Crippen molar-refractivity contribution in [3.05, 3.63) is 29.8 Å². The highest BCUT2D eigenvalue weighted by Gasteiger charge is 2.49.